The highest BCUT2D eigenvalue weighted by Gasteiger charge is 2.35. The minimum Gasteiger partial charge on any atom is -0.342 e. The minimum atomic E-state index is 0.161. The van der Waals surface area contributed by atoms with Gasteiger partial charge in [0, 0.05) is 38.6 Å². The first-order chi connectivity index (χ1) is 15.2. The number of carbonyl (C=O) groups excluding carboxylic acids is 1. The Morgan fingerprint density at radius 2 is 1.74 bits per heavy atom. The third-order valence-electron chi connectivity index (χ3n) is 6.21. The van der Waals surface area contributed by atoms with Gasteiger partial charge in [-0.15, -0.1) is 0 Å². The number of carbonyl (C=O) groups is 1. The topological polar surface area (TPSA) is 88.2 Å². The Kier molecular flexibility index (Phi) is 5.71. The Labute approximate surface area is 181 Å². The maximum Gasteiger partial charge on any atom is 0.240 e. The number of hydrogen-bond donors (Lipinski definition) is 0. The normalized spacial score (nSPS) is 18.1. The van der Waals surface area contributed by atoms with Crippen LogP contribution in [-0.2, 0) is 11.2 Å². The van der Waals surface area contributed by atoms with Gasteiger partial charge in [-0.1, -0.05) is 35.5 Å². The Balaban J connectivity index is 1.06. The van der Waals surface area contributed by atoms with E-state index in [4.69, 9.17) is 4.52 Å². The number of aromatic nitrogens is 4. The Hall–Kier alpha value is -3.13. The van der Waals surface area contributed by atoms with Crippen molar-refractivity contribution in [1.29, 1.82) is 0 Å². The van der Waals surface area contributed by atoms with Crippen molar-refractivity contribution in [3.8, 4) is 11.6 Å². The molecular weight excluding hydrogens is 392 g/mol. The van der Waals surface area contributed by atoms with Crippen LogP contribution < -0.4 is 0 Å². The molecule has 2 aromatic heterocycles. The molecule has 5 rings (SSSR count). The fraction of sp³-hybridized carbons (Fsp3) is 0.435. The van der Waals surface area contributed by atoms with Gasteiger partial charge in [0.15, 0.2) is 0 Å². The molecular formula is C23H26N6O2. The highest BCUT2D eigenvalue weighted by molar-refractivity contribution is 5.78. The largest absolute Gasteiger partial charge is 0.342 e. The van der Waals surface area contributed by atoms with E-state index in [0.29, 0.717) is 30.0 Å². The molecule has 2 saturated heterocycles. The van der Waals surface area contributed by atoms with E-state index in [1.165, 1.54) is 5.56 Å². The number of nitrogens with zero attached hydrogens (tertiary/aromatic N) is 6. The molecule has 0 atom stereocenters. The fourth-order valence-electron chi connectivity index (χ4n) is 4.39. The van der Waals surface area contributed by atoms with Crippen molar-refractivity contribution in [2.75, 3.05) is 32.7 Å². The van der Waals surface area contributed by atoms with Gasteiger partial charge in [-0.05, 0) is 36.8 Å². The second kappa shape index (κ2) is 8.93. The maximum atomic E-state index is 12.7. The third kappa shape index (κ3) is 4.64. The molecule has 8 nitrogen and oxygen atoms in total. The molecule has 3 aromatic rings. The molecule has 0 spiro atoms. The first kappa shape index (κ1) is 19.8. The summed E-state index contributed by atoms with van der Waals surface area (Å²) in [6.07, 6.45) is 6.57. The predicted molar refractivity (Wildman–Crippen MR) is 114 cm³/mol. The molecule has 2 fully saturated rings. The van der Waals surface area contributed by atoms with Crippen molar-refractivity contribution in [3.05, 3.63) is 60.2 Å². The van der Waals surface area contributed by atoms with Crippen LogP contribution in [0, 0.1) is 5.92 Å². The van der Waals surface area contributed by atoms with Crippen LogP contribution in [0.3, 0.4) is 0 Å². The summed E-state index contributed by atoms with van der Waals surface area (Å²) >= 11 is 0. The number of likely N-dealkylation sites (tertiary alicyclic amines) is 2. The quantitative estimate of drug-likeness (QED) is 0.607. The monoisotopic (exact) mass is 418 g/mol. The van der Waals surface area contributed by atoms with Gasteiger partial charge in [0.1, 0.15) is 0 Å². The van der Waals surface area contributed by atoms with Gasteiger partial charge in [0.25, 0.3) is 0 Å². The van der Waals surface area contributed by atoms with Gasteiger partial charge in [-0.3, -0.25) is 9.69 Å². The second-order valence-corrected chi connectivity index (χ2v) is 8.43. The van der Waals surface area contributed by atoms with Crippen LogP contribution in [-0.4, -0.2) is 68.5 Å². The van der Waals surface area contributed by atoms with Crippen LogP contribution in [0.25, 0.3) is 11.6 Å². The summed E-state index contributed by atoms with van der Waals surface area (Å²) in [5.74, 6) is 2.51. The van der Waals surface area contributed by atoms with E-state index in [1.54, 1.807) is 18.5 Å². The Morgan fingerprint density at radius 3 is 2.48 bits per heavy atom. The zero-order valence-corrected chi connectivity index (χ0v) is 17.4. The van der Waals surface area contributed by atoms with Crippen molar-refractivity contribution >= 4 is 5.91 Å². The summed E-state index contributed by atoms with van der Waals surface area (Å²) in [6, 6.07) is 12.4. The average molecular weight is 419 g/mol. The molecule has 2 aliphatic rings. The van der Waals surface area contributed by atoms with Gasteiger partial charge in [0.05, 0.1) is 12.5 Å². The molecule has 0 bridgehead atoms. The van der Waals surface area contributed by atoms with Crippen LogP contribution >= 0.6 is 0 Å². The van der Waals surface area contributed by atoms with Gasteiger partial charge in [-0.25, -0.2) is 9.97 Å². The summed E-state index contributed by atoms with van der Waals surface area (Å²) in [7, 11) is 0. The lowest BCUT2D eigenvalue weighted by Crippen LogP contribution is -2.51. The number of rotatable bonds is 6. The van der Waals surface area contributed by atoms with Crippen LogP contribution in [0.4, 0.5) is 0 Å². The second-order valence-electron chi connectivity index (χ2n) is 8.43. The summed E-state index contributed by atoms with van der Waals surface area (Å²) < 4.78 is 5.39. The average Bonchev–Trinajstić information content (AvgIpc) is 3.27. The molecule has 0 radical (unpaired) electrons. The first-order valence-corrected chi connectivity index (χ1v) is 10.9. The minimum absolute atomic E-state index is 0.161. The molecule has 8 heteroatoms. The summed E-state index contributed by atoms with van der Waals surface area (Å²) in [5, 5.41) is 3.98. The van der Waals surface area contributed by atoms with E-state index in [0.717, 1.165) is 45.4 Å². The molecule has 0 aliphatic carbocycles. The highest BCUT2D eigenvalue weighted by Crippen LogP contribution is 2.27. The molecule has 0 saturated carbocycles. The molecule has 4 heterocycles. The Morgan fingerprint density at radius 1 is 1.00 bits per heavy atom. The van der Waals surface area contributed by atoms with Gasteiger partial charge >= 0.3 is 0 Å². The molecule has 160 valence electrons. The number of hydrogen-bond acceptors (Lipinski definition) is 7. The van der Waals surface area contributed by atoms with Crippen molar-refractivity contribution < 1.29 is 9.32 Å². The van der Waals surface area contributed by atoms with E-state index < -0.39 is 0 Å². The molecule has 1 aromatic carbocycles. The number of piperidine rings is 1. The SMILES string of the molecule is O=C(CN1CC(c2nc(-c3ncccn3)no2)C1)N1CCC(Cc2ccccc2)CC1. The van der Waals surface area contributed by atoms with Gasteiger partial charge < -0.3 is 9.42 Å². The lowest BCUT2D eigenvalue weighted by atomic mass is 9.90. The fourth-order valence-corrected chi connectivity index (χ4v) is 4.39. The lowest BCUT2D eigenvalue weighted by molar-refractivity contribution is -0.135. The predicted octanol–water partition coefficient (Wildman–Crippen LogP) is 2.41. The summed E-state index contributed by atoms with van der Waals surface area (Å²) in [6.45, 7) is 3.69. The maximum absolute atomic E-state index is 12.7. The molecule has 2 aliphatic heterocycles. The van der Waals surface area contributed by atoms with E-state index in [9.17, 15) is 4.79 Å². The van der Waals surface area contributed by atoms with Gasteiger partial charge in [0.2, 0.25) is 23.4 Å². The standard InChI is InChI=1S/C23H26N6O2/c30-20(29-11-7-18(8-12-29)13-17-5-2-1-3-6-17)16-28-14-19(15-28)23-26-22(27-31-23)21-24-9-4-10-25-21/h1-6,9-10,18-19H,7-8,11-16H2. The van der Waals surface area contributed by atoms with Crippen molar-refractivity contribution in [1.82, 2.24) is 29.9 Å². The zero-order chi connectivity index (χ0) is 21.0. The molecule has 0 N–H and O–H groups in total. The van der Waals surface area contributed by atoms with Crippen LogP contribution in [0.5, 0.6) is 0 Å². The van der Waals surface area contributed by atoms with Gasteiger partial charge in [-0.2, -0.15) is 4.98 Å². The van der Waals surface area contributed by atoms with Crippen LogP contribution in [0.15, 0.2) is 53.3 Å². The van der Waals surface area contributed by atoms with E-state index in [2.05, 4.69) is 55.3 Å². The highest BCUT2D eigenvalue weighted by atomic mass is 16.5. The summed E-state index contributed by atoms with van der Waals surface area (Å²) in [4.78, 5) is 29.6. The van der Waals surface area contributed by atoms with E-state index in [-0.39, 0.29) is 11.8 Å². The smallest absolute Gasteiger partial charge is 0.240 e. The first-order valence-electron chi connectivity index (χ1n) is 10.9. The van der Waals surface area contributed by atoms with Crippen LogP contribution in [0.1, 0.15) is 30.2 Å². The van der Waals surface area contributed by atoms with E-state index >= 15 is 0 Å². The van der Waals surface area contributed by atoms with Crippen molar-refractivity contribution in [2.45, 2.75) is 25.2 Å². The molecule has 1 amide bonds. The van der Waals surface area contributed by atoms with E-state index in [1.807, 2.05) is 4.90 Å². The summed E-state index contributed by atoms with van der Waals surface area (Å²) in [5.41, 5.74) is 1.39. The molecule has 31 heavy (non-hydrogen) atoms. The van der Waals surface area contributed by atoms with Crippen molar-refractivity contribution in [2.24, 2.45) is 5.92 Å². The number of amides is 1. The van der Waals surface area contributed by atoms with Crippen molar-refractivity contribution in [3.63, 3.8) is 0 Å². The number of benzene rings is 1. The third-order valence-corrected chi connectivity index (χ3v) is 6.21. The van der Waals surface area contributed by atoms with Crippen LogP contribution in [0.2, 0.25) is 0 Å². The zero-order valence-electron chi connectivity index (χ0n) is 17.4. The Bertz CT molecular complexity index is 995. The lowest BCUT2D eigenvalue weighted by Gasteiger charge is -2.39. The molecule has 0 unspecified atom stereocenters.